The number of halogens is 4. The van der Waals surface area contributed by atoms with Crippen LogP contribution in [0, 0.1) is 29.2 Å². The maximum absolute atomic E-state index is 14.4. The highest BCUT2D eigenvalue weighted by atomic mass is 19.2. The summed E-state index contributed by atoms with van der Waals surface area (Å²) in [6.45, 7) is 7.74. The number of hydrogen-bond donors (Lipinski definition) is 0. The molecule has 0 aliphatic rings. The zero-order chi connectivity index (χ0) is 37.1. The fourth-order valence-corrected chi connectivity index (χ4v) is 6.19. The molecule has 0 N–H and O–H groups in total. The van der Waals surface area contributed by atoms with Crippen molar-refractivity contribution in [3.8, 4) is 23.0 Å². The molecule has 4 aromatic rings. The monoisotopic (exact) mass is 722 g/mol. The van der Waals surface area contributed by atoms with Crippen molar-refractivity contribution in [3.05, 3.63) is 118 Å². The van der Waals surface area contributed by atoms with E-state index in [0.29, 0.717) is 55.9 Å². The molecule has 0 atom stereocenters. The number of rotatable bonds is 24. The Bertz CT molecular complexity index is 1500. The van der Waals surface area contributed by atoms with E-state index in [9.17, 15) is 17.6 Å². The Labute approximate surface area is 307 Å². The van der Waals surface area contributed by atoms with Crippen molar-refractivity contribution in [2.24, 2.45) is 5.92 Å². The van der Waals surface area contributed by atoms with Crippen LogP contribution in [0.4, 0.5) is 17.6 Å². The van der Waals surface area contributed by atoms with Crippen LogP contribution in [0.25, 0.3) is 0 Å². The van der Waals surface area contributed by atoms with Gasteiger partial charge in [-0.15, -0.1) is 0 Å². The smallest absolute Gasteiger partial charge is 0.200 e. The summed E-state index contributed by atoms with van der Waals surface area (Å²) in [4.78, 5) is 0. The standard InChI is InChI=1S/C44H54F4O4/c1-4-49-39-28-22-35(41(45)43(39)47)20-14-33-16-24-37(25-17-33)51-30-10-6-8-12-32(3)13-9-7-11-31-52-38-26-18-34(19-27-38)15-21-36-23-29-40(50-5-2)44(48)42(36)46/h16-19,22-29,32H,4-15,20-21,30-31H2,1-3H3. The SMILES string of the molecule is CCOc1ccc(CCc2ccc(OCCCCCC(C)CCCCCOc3ccc(CCc4ccc(OCC)c(F)c4F)cc3)cc2)c(F)c1F. The van der Waals surface area contributed by atoms with Crippen molar-refractivity contribution in [1.82, 2.24) is 0 Å². The highest BCUT2D eigenvalue weighted by Gasteiger charge is 2.15. The summed E-state index contributed by atoms with van der Waals surface area (Å²) in [6.07, 6.45) is 11.1. The number of hydrogen-bond acceptors (Lipinski definition) is 4. The Balaban J connectivity index is 0.992. The first kappa shape index (κ1) is 40.6. The zero-order valence-corrected chi connectivity index (χ0v) is 31.0. The van der Waals surface area contributed by atoms with Crippen LogP contribution in [0.2, 0.25) is 0 Å². The van der Waals surface area contributed by atoms with Gasteiger partial charge in [0.15, 0.2) is 23.1 Å². The molecule has 4 rings (SSSR count). The molecule has 0 aliphatic heterocycles. The maximum Gasteiger partial charge on any atom is 0.200 e. The average molecular weight is 723 g/mol. The molecule has 282 valence electrons. The van der Waals surface area contributed by atoms with Gasteiger partial charge in [0.05, 0.1) is 26.4 Å². The Morgan fingerprint density at radius 1 is 0.442 bits per heavy atom. The molecule has 8 heteroatoms. The first-order chi connectivity index (χ1) is 25.3. The summed E-state index contributed by atoms with van der Waals surface area (Å²) in [5.41, 5.74) is 2.77. The Kier molecular flexibility index (Phi) is 17.2. The lowest BCUT2D eigenvalue weighted by molar-refractivity contribution is 0.297. The van der Waals surface area contributed by atoms with E-state index in [1.54, 1.807) is 26.0 Å². The summed E-state index contributed by atoms with van der Waals surface area (Å²) in [5.74, 6) is -1.27. The minimum absolute atomic E-state index is 0.0493. The molecule has 0 fully saturated rings. The molecule has 4 aromatic carbocycles. The van der Waals surface area contributed by atoms with Gasteiger partial charge in [0.25, 0.3) is 0 Å². The third-order valence-electron chi connectivity index (χ3n) is 9.29. The molecule has 52 heavy (non-hydrogen) atoms. The lowest BCUT2D eigenvalue weighted by atomic mass is 9.97. The van der Waals surface area contributed by atoms with E-state index in [0.717, 1.165) is 48.3 Å². The number of unbranched alkanes of at least 4 members (excludes halogenated alkanes) is 4. The second-order valence-electron chi connectivity index (χ2n) is 13.4. The average Bonchev–Trinajstić information content (AvgIpc) is 3.15. The molecule has 0 bridgehead atoms. The van der Waals surface area contributed by atoms with E-state index in [2.05, 4.69) is 6.92 Å². The predicted molar refractivity (Wildman–Crippen MR) is 200 cm³/mol. The van der Waals surface area contributed by atoms with E-state index in [-0.39, 0.29) is 24.7 Å². The summed E-state index contributed by atoms with van der Waals surface area (Å²) in [7, 11) is 0. The van der Waals surface area contributed by atoms with Gasteiger partial charge in [-0.1, -0.05) is 81.8 Å². The summed E-state index contributed by atoms with van der Waals surface area (Å²) < 4.78 is 79.1. The molecule has 0 spiro atoms. The largest absolute Gasteiger partial charge is 0.494 e. The number of benzene rings is 4. The molecule has 4 nitrogen and oxygen atoms in total. The van der Waals surface area contributed by atoms with Gasteiger partial charge in [-0.3, -0.25) is 0 Å². The minimum atomic E-state index is -0.923. The first-order valence-electron chi connectivity index (χ1n) is 18.9. The van der Waals surface area contributed by atoms with Crippen molar-refractivity contribution in [2.45, 2.75) is 97.8 Å². The second-order valence-corrected chi connectivity index (χ2v) is 13.4. The van der Waals surface area contributed by atoms with Gasteiger partial charge in [0.1, 0.15) is 11.5 Å². The predicted octanol–water partition coefficient (Wildman–Crippen LogP) is 11.8. The minimum Gasteiger partial charge on any atom is -0.494 e. The molecule has 0 heterocycles. The van der Waals surface area contributed by atoms with Crippen LogP contribution in [0.1, 0.15) is 94.4 Å². The van der Waals surface area contributed by atoms with Gasteiger partial charge in [0, 0.05) is 0 Å². The van der Waals surface area contributed by atoms with Crippen LogP contribution >= 0.6 is 0 Å². The van der Waals surface area contributed by atoms with Crippen LogP contribution in [0.5, 0.6) is 23.0 Å². The third-order valence-corrected chi connectivity index (χ3v) is 9.29. The van der Waals surface area contributed by atoms with Gasteiger partial charge in [0.2, 0.25) is 11.6 Å². The van der Waals surface area contributed by atoms with Gasteiger partial charge in [-0.2, -0.15) is 8.78 Å². The summed E-state index contributed by atoms with van der Waals surface area (Å²) in [5, 5.41) is 0. The molecule has 0 aliphatic carbocycles. The van der Waals surface area contributed by atoms with E-state index in [4.69, 9.17) is 18.9 Å². The van der Waals surface area contributed by atoms with Gasteiger partial charge in [-0.05, 0) is 117 Å². The van der Waals surface area contributed by atoms with Crippen LogP contribution in [-0.2, 0) is 25.7 Å². The molecule has 0 radical (unpaired) electrons. The van der Waals surface area contributed by atoms with Crippen LogP contribution < -0.4 is 18.9 Å². The molecule has 0 amide bonds. The van der Waals surface area contributed by atoms with Crippen LogP contribution in [-0.4, -0.2) is 26.4 Å². The van der Waals surface area contributed by atoms with E-state index in [1.807, 2.05) is 48.5 Å². The molecular formula is C44H54F4O4. The van der Waals surface area contributed by atoms with Crippen molar-refractivity contribution >= 4 is 0 Å². The summed E-state index contributed by atoms with van der Waals surface area (Å²) in [6, 6.07) is 21.8. The Hall–Kier alpha value is -4.20. The third kappa shape index (κ3) is 13.1. The van der Waals surface area contributed by atoms with E-state index in [1.165, 1.54) is 37.8 Å². The van der Waals surface area contributed by atoms with Gasteiger partial charge in [-0.25, -0.2) is 8.78 Å². The second kappa shape index (κ2) is 22.0. The van der Waals surface area contributed by atoms with Crippen molar-refractivity contribution < 1.29 is 36.5 Å². The molecule has 0 unspecified atom stereocenters. The lowest BCUT2D eigenvalue weighted by Gasteiger charge is -2.12. The first-order valence-corrected chi connectivity index (χ1v) is 18.9. The molecule has 0 saturated carbocycles. The maximum atomic E-state index is 14.4. The fourth-order valence-electron chi connectivity index (χ4n) is 6.19. The normalized spacial score (nSPS) is 11.2. The van der Waals surface area contributed by atoms with Crippen molar-refractivity contribution in [2.75, 3.05) is 26.4 Å². The Morgan fingerprint density at radius 3 is 1.23 bits per heavy atom. The topological polar surface area (TPSA) is 36.9 Å². The van der Waals surface area contributed by atoms with Gasteiger partial charge >= 0.3 is 0 Å². The van der Waals surface area contributed by atoms with Crippen LogP contribution in [0.15, 0.2) is 72.8 Å². The zero-order valence-electron chi connectivity index (χ0n) is 31.0. The lowest BCUT2D eigenvalue weighted by Crippen LogP contribution is -2.02. The van der Waals surface area contributed by atoms with E-state index >= 15 is 0 Å². The molecular weight excluding hydrogens is 668 g/mol. The highest BCUT2D eigenvalue weighted by molar-refractivity contribution is 5.34. The van der Waals surface area contributed by atoms with Gasteiger partial charge < -0.3 is 18.9 Å². The molecule has 0 saturated heterocycles. The molecule has 0 aromatic heterocycles. The summed E-state index contributed by atoms with van der Waals surface area (Å²) >= 11 is 0. The Morgan fingerprint density at radius 2 is 0.846 bits per heavy atom. The van der Waals surface area contributed by atoms with Crippen LogP contribution in [0.3, 0.4) is 0 Å². The number of ether oxygens (including phenoxy) is 4. The van der Waals surface area contributed by atoms with E-state index < -0.39 is 23.3 Å². The van der Waals surface area contributed by atoms with Crippen molar-refractivity contribution in [3.63, 3.8) is 0 Å². The quantitative estimate of drug-likeness (QED) is 0.0533. The fraction of sp³-hybridized carbons (Fsp3) is 0.455. The van der Waals surface area contributed by atoms with Crippen molar-refractivity contribution in [1.29, 1.82) is 0 Å². The highest BCUT2D eigenvalue weighted by Crippen LogP contribution is 2.26. The number of aryl methyl sites for hydroxylation is 4.